The third-order valence-electron chi connectivity index (χ3n) is 4.74. The van der Waals surface area contributed by atoms with Crippen LogP contribution in [-0.2, 0) is 24.3 Å². The number of carbonyl (C=O) groups is 3. The van der Waals surface area contributed by atoms with E-state index in [0.29, 0.717) is 13.1 Å². The second-order valence-corrected chi connectivity index (χ2v) is 9.60. The predicted octanol–water partition coefficient (Wildman–Crippen LogP) is 0.982. The zero-order valence-electron chi connectivity index (χ0n) is 17.9. The van der Waals surface area contributed by atoms with Crippen LogP contribution in [0.1, 0.15) is 30.6 Å². The Hall–Kier alpha value is -2.50. The van der Waals surface area contributed by atoms with Crippen molar-refractivity contribution in [1.82, 2.24) is 14.9 Å². The van der Waals surface area contributed by atoms with Crippen LogP contribution in [-0.4, -0.2) is 70.6 Å². The van der Waals surface area contributed by atoms with Crippen molar-refractivity contribution in [2.45, 2.75) is 25.2 Å². The van der Waals surface area contributed by atoms with Crippen molar-refractivity contribution in [2.24, 2.45) is 11.8 Å². The summed E-state index contributed by atoms with van der Waals surface area (Å²) in [5.74, 6) is -1.04. The van der Waals surface area contributed by atoms with Gasteiger partial charge in [-0.3, -0.25) is 10.1 Å². The first-order valence-corrected chi connectivity index (χ1v) is 11.4. The molecule has 1 saturated heterocycles. The van der Waals surface area contributed by atoms with Gasteiger partial charge in [-0.2, -0.15) is 4.31 Å². The lowest BCUT2D eigenvalue weighted by molar-refractivity contribution is -0.123. The highest BCUT2D eigenvalue weighted by atomic mass is 32.2. The summed E-state index contributed by atoms with van der Waals surface area (Å²) in [4.78, 5) is 35.3. The summed E-state index contributed by atoms with van der Waals surface area (Å²) in [6, 6.07) is 4.63. The lowest BCUT2D eigenvalue weighted by Crippen LogP contribution is -2.42. The molecule has 1 aromatic rings. The Morgan fingerprint density at radius 1 is 1.10 bits per heavy atom. The summed E-state index contributed by atoms with van der Waals surface area (Å²) in [7, 11) is -2.18. The largest absolute Gasteiger partial charge is 0.452 e. The number of hydrogen-bond donors (Lipinski definition) is 2. The molecule has 1 aliphatic heterocycles. The number of carbonyl (C=O) groups excluding carboxylic acids is 3. The minimum atomic E-state index is -3.66. The Labute approximate surface area is 182 Å². The second-order valence-electron chi connectivity index (χ2n) is 7.67. The number of nitrogens with one attached hydrogen (secondary N) is 2. The first-order chi connectivity index (χ1) is 14.6. The topological polar surface area (TPSA) is 131 Å². The summed E-state index contributed by atoms with van der Waals surface area (Å²) in [6.07, 6.45) is 0.985. The van der Waals surface area contributed by atoms with Crippen LogP contribution < -0.4 is 10.6 Å². The average Bonchev–Trinajstić information content (AvgIpc) is 2.71. The molecule has 0 radical (unpaired) electrons. The number of amides is 3. The molecule has 172 valence electrons. The molecule has 2 N–H and O–H groups in total. The first-order valence-electron chi connectivity index (χ1n) is 9.97. The summed E-state index contributed by atoms with van der Waals surface area (Å²) >= 11 is 0. The van der Waals surface area contributed by atoms with E-state index in [4.69, 9.17) is 9.47 Å². The molecule has 0 aromatic heterocycles. The van der Waals surface area contributed by atoms with E-state index in [1.807, 2.05) is 19.2 Å². The van der Waals surface area contributed by atoms with E-state index in [0.717, 1.165) is 6.42 Å². The fraction of sp³-hybridized carbons (Fsp3) is 0.550. The van der Waals surface area contributed by atoms with Crippen LogP contribution in [0.15, 0.2) is 29.2 Å². The highest BCUT2D eigenvalue weighted by Gasteiger charge is 2.31. The summed E-state index contributed by atoms with van der Waals surface area (Å²) < 4.78 is 36.9. The molecule has 11 heteroatoms. The molecule has 1 aromatic carbocycles. The van der Waals surface area contributed by atoms with Gasteiger partial charge < -0.3 is 14.8 Å². The Kier molecular flexibility index (Phi) is 8.96. The maximum atomic E-state index is 12.9. The molecule has 2 unspecified atom stereocenters. The summed E-state index contributed by atoms with van der Waals surface area (Å²) in [6.45, 7) is 4.83. The van der Waals surface area contributed by atoms with Crippen LogP contribution in [0.3, 0.4) is 0 Å². The molecule has 1 aliphatic rings. The van der Waals surface area contributed by atoms with Gasteiger partial charge in [-0.1, -0.05) is 13.8 Å². The van der Waals surface area contributed by atoms with Crippen LogP contribution in [0, 0.1) is 11.8 Å². The van der Waals surface area contributed by atoms with Crippen molar-refractivity contribution in [2.75, 3.05) is 40.0 Å². The number of ether oxygens (including phenoxy) is 2. The molecule has 1 heterocycles. The molecule has 31 heavy (non-hydrogen) atoms. The molecule has 2 atom stereocenters. The van der Waals surface area contributed by atoms with E-state index in [2.05, 4.69) is 5.32 Å². The number of urea groups is 1. The molecule has 1 fully saturated rings. The number of piperidine rings is 1. The number of methoxy groups -OCH3 is 1. The normalized spacial score (nSPS) is 19.5. The van der Waals surface area contributed by atoms with Gasteiger partial charge in [-0.05, 0) is 42.5 Å². The molecular formula is C20H29N3O7S. The predicted molar refractivity (Wildman–Crippen MR) is 112 cm³/mol. The van der Waals surface area contributed by atoms with Crippen molar-refractivity contribution in [1.29, 1.82) is 0 Å². The van der Waals surface area contributed by atoms with Crippen LogP contribution in [0.2, 0.25) is 0 Å². The van der Waals surface area contributed by atoms with Crippen LogP contribution in [0.5, 0.6) is 0 Å². The highest BCUT2D eigenvalue weighted by molar-refractivity contribution is 7.89. The molecule has 2 rings (SSSR count). The number of rotatable bonds is 8. The third kappa shape index (κ3) is 7.30. The van der Waals surface area contributed by atoms with Crippen LogP contribution >= 0.6 is 0 Å². The molecule has 3 amide bonds. The van der Waals surface area contributed by atoms with Gasteiger partial charge in [0, 0.05) is 26.7 Å². The zero-order chi connectivity index (χ0) is 23.0. The van der Waals surface area contributed by atoms with Crippen LogP contribution in [0.25, 0.3) is 0 Å². The van der Waals surface area contributed by atoms with Gasteiger partial charge in [0.15, 0.2) is 6.61 Å². The van der Waals surface area contributed by atoms with Gasteiger partial charge in [-0.15, -0.1) is 0 Å². The van der Waals surface area contributed by atoms with Crippen molar-refractivity contribution in [3.05, 3.63) is 29.8 Å². The van der Waals surface area contributed by atoms with E-state index in [9.17, 15) is 22.8 Å². The lowest BCUT2D eigenvalue weighted by Gasteiger charge is -2.34. The zero-order valence-corrected chi connectivity index (χ0v) is 18.7. The molecule has 0 spiro atoms. The quantitative estimate of drug-likeness (QED) is 0.441. The summed E-state index contributed by atoms with van der Waals surface area (Å²) in [5.41, 5.74) is 0.0941. The van der Waals surface area contributed by atoms with Gasteiger partial charge in [0.1, 0.15) is 0 Å². The first kappa shape index (κ1) is 24.8. The number of nitrogens with zero attached hydrogens (tertiary/aromatic N) is 1. The fourth-order valence-corrected chi connectivity index (χ4v) is 5.08. The molecule has 10 nitrogen and oxygen atoms in total. The number of esters is 1. The second kappa shape index (κ2) is 11.2. The third-order valence-corrected chi connectivity index (χ3v) is 6.59. The molecule has 0 aliphatic carbocycles. The maximum Gasteiger partial charge on any atom is 0.338 e. The van der Waals surface area contributed by atoms with E-state index in [1.54, 1.807) is 0 Å². The Morgan fingerprint density at radius 3 is 2.29 bits per heavy atom. The standard InChI is InChI=1S/C20H29N3O7S/c1-14-10-15(2)12-23(11-14)31(27,28)17-6-4-16(5-7-17)19(25)30-13-18(24)22-20(26)21-8-9-29-3/h4-7,14-15H,8-13H2,1-3H3,(H2,21,22,24,26). The van der Waals surface area contributed by atoms with Gasteiger partial charge >= 0.3 is 12.0 Å². The number of imide groups is 1. The molecule has 0 saturated carbocycles. The van der Waals surface area contributed by atoms with E-state index in [1.165, 1.54) is 35.7 Å². The van der Waals surface area contributed by atoms with Gasteiger partial charge in [0.2, 0.25) is 10.0 Å². The SMILES string of the molecule is COCCNC(=O)NC(=O)COC(=O)c1ccc(S(=O)(=O)N2CC(C)CC(C)C2)cc1. The summed E-state index contributed by atoms with van der Waals surface area (Å²) in [5, 5.41) is 4.40. The van der Waals surface area contributed by atoms with Crippen LogP contribution in [0.4, 0.5) is 4.79 Å². The minimum Gasteiger partial charge on any atom is -0.452 e. The lowest BCUT2D eigenvalue weighted by atomic mass is 9.94. The highest BCUT2D eigenvalue weighted by Crippen LogP contribution is 2.26. The van der Waals surface area contributed by atoms with Gasteiger partial charge in [0.25, 0.3) is 5.91 Å². The number of hydrogen-bond acceptors (Lipinski definition) is 7. The van der Waals surface area contributed by atoms with Gasteiger partial charge in [-0.25, -0.2) is 18.0 Å². The van der Waals surface area contributed by atoms with Gasteiger partial charge in [0.05, 0.1) is 17.1 Å². The van der Waals surface area contributed by atoms with Crippen molar-refractivity contribution in [3.8, 4) is 0 Å². The Bertz CT molecular complexity index is 877. The fourth-order valence-electron chi connectivity index (χ4n) is 3.40. The average molecular weight is 456 g/mol. The Morgan fingerprint density at radius 2 is 1.71 bits per heavy atom. The maximum absolute atomic E-state index is 12.9. The molecular weight excluding hydrogens is 426 g/mol. The van der Waals surface area contributed by atoms with Crippen molar-refractivity contribution in [3.63, 3.8) is 0 Å². The Balaban J connectivity index is 1.90. The number of benzene rings is 1. The molecule has 0 bridgehead atoms. The monoisotopic (exact) mass is 455 g/mol. The van der Waals surface area contributed by atoms with Crippen molar-refractivity contribution >= 4 is 27.9 Å². The van der Waals surface area contributed by atoms with E-state index >= 15 is 0 Å². The number of sulfonamides is 1. The van der Waals surface area contributed by atoms with E-state index in [-0.39, 0.29) is 35.4 Å². The van der Waals surface area contributed by atoms with Crippen molar-refractivity contribution < 1.29 is 32.3 Å². The smallest absolute Gasteiger partial charge is 0.338 e. The van der Waals surface area contributed by atoms with E-state index < -0.39 is 34.5 Å². The minimum absolute atomic E-state index is 0.0934.